The number of carbonyl (C=O) groups excluding carboxylic acids is 2. The van der Waals surface area contributed by atoms with Crippen molar-refractivity contribution in [1.82, 2.24) is 10.2 Å². The van der Waals surface area contributed by atoms with Gasteiger partial charge in [0.15, 0.2) is 0 Å². The van der Waals surface area contributed by atoms with Gasteiger partial charge in [0.2, 0.25) is 5.91 Å². The van der Waals surface area contributed by atoms with Crippen molar-refractivity contribution in [2.45, 2.75) is 57.9 Å². The summed E-state index contributed by atoms with van der Waals surface area (Å²) in [7, 11) is 0. The number of ether oxygens (including phenoxy) is 1. The lowest BCUT2D eigenvalue weighted by atomic mass is 10.0. The molecule has 3 atom stereocenters. The maximum absolute atomic E-state index is 12.3. The summed E-state index contributed by atoms with van der Waals surface area (Å²) in [6, 6.07) is 8.44. The zero-order chi connectivity index (χ0) is 19.8. The second-order valence-corrected chi connectivity index (χ2v) is 7.55. The molecule has 2 rings (SSSR count). The zero-order valence-corrected chi connectivity index (χ0v) is 16.1. The van der Waals surface area contributed by atoms with Gasteiger partial charge in [0.05, 0.1) is 24.7 Å². The van der Waals surface area contributed by atoms with Crippen LogP contribution in [0.4, 0.5) is 4.79 Å². The van der Waals surface area contributed by atoms with E-state index >= 15 is 0 Å². The highest BCUT2D eigenvalue weighted by Crippen LogP contribution is 2.14. The fourth-order valence-corrected chi connectivity index (χ4v) is 3.19. The number of amides is 2. The third kappa shape index (κ3) is 6.84. The lowest BCUT2D eigenvalue weighted by Gasteiger charge is -2.26. The van der Waals surface area contributed by atoms with E-state index in [-0.39, 0.29) is 19.1 Å². The van der Waals surface area contributed by atoms with E-state index in [1.165, 1.54) is 4.90 Å². The van der Waals surface area contributed by atoms with E-state index in [2.05, 4.69) is 5.32 Å². The summed E-state index contributed by atoms with van der Waals surface area (Å²) in [5, 5.41) is 13.3. The van der Waals surface area contributed by atoms with Crippen molar-refractivity contribution >= 4 is 12.0 Å². The second-order valence-electron chi connectivity index (χ2n) is 7.55. The van der Waals surface area contributed by atoms with E-state index in [1.54, 1.807) is 0 Å². The molecule has 0 aliphatic carbocycles. The van der Waals surface area contributed by atoms with Gasteiger partial charge in [-0.05, 0) is 30.7 Å². The molecule has 0 radical (unpaired) electrons. The predicted molar refractivity (Wildman–Crippen MR) is 103 cm³/mol. The minimum atomic E-state index is -0.855. The summed E-state index contributed by atoms with van der Waals surface area (Å²) in [5.74, 6) is 0.0625. The summed E-state index contributed by atoms with van der Waals surface area (Å²) in [6.45, 7) is 4.81. The minimum Gasteiger partial charge on any atom is -0.445 e. The van der Waals surface area contributed by atoms with E-state index in [9.17, 15) is 14.7 Å². The van der Waals surface area contributed by atoms with Gasteiger partial charge in [0.25, 0.3) is 0 Å². The molecule has 0 spiro atoms. The normalized spacial score (nSPS) is 21.4. The lowest BCUT2D eigenvalue weighted by Crippen LogP contribution is -2.51. The Hall–Kier alpha value is -2.12. The van der Waals surface area contributed by atoms with E-state index in [1.807, 2.05) is 44.2 Å². The monoisotopic (exact) mass is 377 g/mol. The molecule has 7 nitrogen and oxygen atoms in total. The number of nitrogens with two attached hydrogens (primary N) is 1. The van der Waals surface area contributed by atoms with Crippen LogP contribution in [0.3, 0.4) is 0 Å². The molecule has 1 aliphatic rings. The van der Waals surface area contributed by atoms with Gasteiger partial charge in [0.1, 0.15) is 6.61 Å². The summed E-state index contributed by atoms with van der Waals surface area (Å²) in [6.07, 6.45) is 0.534. The average Bonchev–Trinajstić information content (AvgIpc) is 2.82. The molecule has 7 heteroatoms. The van der Waals surface area contributed by atoms with Crippen molar-refractivity contribution in [1.29, 1.82) is 0 Å². The van der Waals surface area contributed by atoms with E-state index in [0.717, 1.165) is 5.56 Å². The van der Waals surface area contributed by atoms with E-state index in [0.29, 0.717) is 31.7 Å². The molecule has 4 N–H and O–H groups in total. The van der Waals surface area contributed by atoms with Crippen LogP contribution in [0.5, 0.6) is 0 Å². The molecule has 1 aliphatic heterocycles. The molecule has 2 amide bonds. The second kappa shape index (κ2) is 10.3. The number of carbonyl (C=O) groups is 2. The molecule has 0 bridgehead atoms. The van der Waals surface area contributed by atoms with Crippen molar-refractivity contribution in [2.75, 3.05) is 13.1 Å². The first-order valence-corrected chi connectivity index (χ1v) is 9.56. The Kier molecular flexibility index (Phi) is 8.06. The molecule has 1 aromatic carbocycles. The third-order valence-electron chi connectivity index (χ3n) is 4.67. The number of hydrogen-bond donors (Lipinski definition) is 3. The highest BCUT2D eigenvalue weighted by atomic mass is 16.6. The summed E-state index contributed by atoms with van der Waals surface area (Å²) >= 11 is 0. The molecule has 2 unspecified atom stereocenters. The van der Waals surface area contributed by atoms with Gasteiger partial charge in [-0.1, -0.05) is 44.2 Å². The first kappa shape index (κ1) is 21.2. The van der Waals surface area contributed by atoms with Gasteiger partial charge in [-0.15, -0.1) is 0 Å². The van der Waals surface area contributed by atoms with Crippen molar-refractivity contribution in [3.63, 3.8) is 0 Å². The van der Waals surface area contributed by atoms with Gasteiger partial charge >= 0.3 is 6.09 Å². The number of β-amino-alcohol motifs (C(OH)–C–C–N with tert-alkyl or cyclic N) is 1. The van der Waals surface area contributed by atoms with Crippen LogP contribution in [0.25, 0.3) is 0 Å². The summed E-state index contributed by atoms with van der Waals surface area (Å²) in [4.78, 5) is 26.0. The van der Waals surface area contributed by atoms with Crippen LogP contribution in [0.2, 0.25) is 0 Å². The molecule has 1 heterocycles. The van der Waals surface area contributed by atoms with Crippen LogP contribution in [-0.2, 0) is 16.1 Å². The zero-order valence-electron chi connectivity index (χ0n) is 16.1. The van der Waals surface area contributed by atoms with Crippen molar-refractivity contribution in [2.24, 2.45) is 11.7 Å². The number of aliphatic hydroxyl groups excluding tert-OH is 1. The Morgan fingerprint density at radius 3 is 2.70 bits per heavy atom. The molecule has 1 aromatic rings. The highest BCUT2D eigenvalue weighted by Gasteiger charge is 2.30. The fraction of sp³-hybridized carbons (Fsp3) is 0.600. The molecule has 0 saturated carbocycles. The Morgan fingerprint density at radius 1 is 1.33 bits per heavy atom. The largest absolute Gasteiger partial charge is 0.445 e. The fourth-order valence-electron chi connectivity index (χ4n) is 3.19. The van der Waals surface area contributed by atoms with Crippen LogP contribution in [0, 0.1) is 5.92 Å². The van der Waals surface area contributed by atoms with Crippen LogP contribution in [0.1, 0.15) is 38.7 Å². The molecular weight excluding hydrogens is 346 g/mol. The molecule has 150 valence electrons. The number of hydrogen-bond acceptors (Lipinski definition) is 5. The number of benzene rings is 1. The van der Waals surface area contributed by atoms with Crippen LogP contribution in [-0.4, -0.2) is 53.3 Å². The summed E-state index contributed by atoms with van der Waals surface area (Å²) in [5.41, 5.74) is 6.82. The lowest BCUT2D eigenvalue weighted by molar-refractivity contribution is -0.124. The Balaban J connectivity index is 1.84. The topological polar surface area (TPSA) is 105 Å². The number of nitrogens with zero attached hydrogens (tertiary/aromatic N) is 1. The van der Waals surface area contributed by atoms with Crippen LogP contribution >= 0.6 is 0 Å². The highest BCUT2D eigenvalue weighted by molar-refractivity contribution is 5.81. The smallest absolute Gasteiger partial charge is 0.410 e. The molecular formula is C20H31N3O4. The molecule has 1 fully saturated rings. The maximum Gasteiger partial charge on any atom is 0.410 e. The van der Waals surface area contributed by atoms with Gasteiger partial charge in [-0.3, -0.25) is 4.79 Å². The number of aliphatic hydroxyl groups is 1. The number of nitrogens with one attached hydrogen (secondary N) is 1. The maximum atomic E-state index is 12.3. The summed E-state index contributed by atoms with van der Waals surface area (Å²) < 4.78 is 5.34. The molecule has 27 heavy (non-hydrogen) atoms. The van der Waals surface area contributed by atoms with Crippen molar-refractivity contribution in [3.05, 3.63) is 35.9 Å². The predicted octanol–water partition coefficient (Wildman–Crippen LogP) is 1.64. The quantitative estimate of drug-likeness (QED) is 0.699. The number of rotatable bonds is 6. The SMILES string of the molecule is CC(C)C[C@H](N)C(=O)NC1CCCN(C(=O)OCc2ccccc2)CC1O. The van der Waals surface area contributed by atoms with Crippen molar-refractivity contribution < 1.29 is 19.4 Å². The first-order valence-electron chi connectivity index (χ1n) is 9.56. The Morgan fingerprint density at radius 2 is 2.04 bits per heavy atom. The number of likely N-dealkylation sites (tertiary alicyclic amines) is 1. The molecule has 1 saturated heterocycles. The van der Waals surface area contributed by atoms with Crippen LogP contribution in [0.15, 0.2) is 30.3 Å². The minimum absolute atomic E-state index is 0.123. The average molecular weight is 377 g/mol. The van der Waals surface area contributed by atoms with Crippen LogP contribution < -0.4 is 11.1 Å². The van der Waals surface area contributed by atoms with Gasteiger partial charge in [-0.25, -0.2) is 4.79 Å². The van der Waals surface area contributed by atoms with E-state index in [4.69, 9.17) is 10.5 Å². The van der Waals surface area contributed by atoms with E-state index < -0.39 is 24.3 Å². The van der Waals surface area contributed by atoms with Gasteiger partial charge in [0, 0.05) is 6.54 Å². The third-order valence-corrected chi connectivity index (χ3v) is 4.67. The Bertz CT molecular complexity index is 609. The molecule has 0 aromatic heterocycles. The van der Waals surface area contributed by atoms with Gasteiger partial charge in [-0.2, -0.15) is 0 Å². The van der Waals surface area contributed by atoms with Gasteiger partial charge < -0.3 is 25.8 Å². The Labute approximate surface area is 160 Å². The first-order chi connectivity index (χ1) is 12.9. The van der Waals surface area contributed by atoms with Crippen molar-refractivity contribution in [3.8, 4) is 0 Å². The standard InChI is InChI=1S/C20H31N3O4/c1-14(2)11-16(21)19(25)22-17-9-6-10-23(12-18(17)24)20(26)27-13-15-7-4-3-5-8-15/h3-5,7-8,14,16-18,24H,6,9-13,21H2,1-2H3,(H,22,25)/t16-,17?,18?/m0/s1.